The Hall–Kier alpha value is -2.25. The lowest BCUT2D eigenvalue weighted by atomic mass is 10.1. The number of ether oxygens (including phenoxy) is 1. The largest absolute Gasteiger partial charge is 0.726 e. The fraction of sp³-hybridized carbons (Fsp3) is 0.600. The van der Waals surface area contributed by atoms with Crippen LogP contribution in [0.25, 0.3) is 11.2 Å². The average molecular weight is 598 g/mol. The van der Waals surface area contributed by atoms with Gasteiger partial charge in [0.25, 0.3) is 0 Å². The second kappa shape index (κ2) is 13.5. The number of nitrogens with zero attached hydrogens (tertiary/aromatic N) is 4. The van der Waals surface area contributed by atoms with Gasteiger partial charge in [0.05, 0.1) is 16.6 Å². The molecule has 3 rings (SSSR count). The third-order valence-corrected chi connectivity index (χ3v) is 5.82. The lowest BCUT2D eigenvalue weighted by molar-refractivity contribution is -0.138. The molecule has 0 saturated carbocycles. The van der Waals surface area contributed by atoms with Crippen LogP contribution in [0, 0.1) is 0 Å². The highest BCUT2D eigenvalue weighted by atomic mass is 32.3. The number of aliphatic hydroxyl groups excluding tert-OH is 2. The first-order chi connectivity index (χ1) is 18.0. The molecule has 22 heteroatoms. The van der Waals surface area contributed by atoms with Crippen LogP contribution in [0.5, 0.6) is 0 Å². The van der Waals surface area contributed by atoms with Crippen molar-refractivity contribution < 1.29 is 64.0 Å². The Balaban J connectivity index is 0.000000686. The zero-order valence-electron chi connectivity index (χ0n) is 21.4. The summed E-state index contributed by atoms with van der Waals surface area (Å²) < 4.78 is 94.9. The summed E-state index contributed by atoms with van der Waals surface area (Å²) in [6.07, 6.45) is -4.65. The van der Waals surface area contributed by atoms with Gasteiger partial charge in [-0.3, -0.25) is 23.0 Å². The minimum atomic E-state index is -4.92. The SMILES string of the molecule is O=S(=O)(O)O.O=S(=O)([O-])O.[2H]C([2H])([2H])[S+](CC[C@H](N)C(=O)O)C[C@H]1O[C@@H](n2cnc3c(N)ncnc32)[C@H](O)[C@@H]1O. The van der Waals surface area contributed by atoms with Crippen molar-refractivity contribution >= 4 is 54.6 Å². The minimum absolute atomic E-state index is 0.0229. The summed E-state index contributed by atoms with van der Waals surface area (Å²) >= 11 is 0. The highest BCUT2D eigenvalue weighted by Gasteiger charge is 2.46. The maximum Gasteiger partial charge on any atom is 0.394 e. The van der Waals surface area contributed by atoms with Gasteiger partial charge in [-0.2, -0.15) is 8.42 Å². The molecule has 0 radical (unpaired) electrons. The Labute approximate surface area is 217 Å². The molecule has 0 bridgehead atoms. The van der Waals surface area contributed by atoms with E-state index in [0.29, 0.717) is 11.2 Å². The zero-order valence-corrected chi connectivity index (χ0v) is 20.8. The second-order valence-corrected chi connectivity index (χ2v) is 10.6. The van der Waals surface area contributed by atoms with Crippen molar-refractivity contribution in [2.75, 3.05) is 23.4 Å². The highest BCUT2D eigenvalue weighted by molar-refractivity contribution is 7.96. The lowest BCUT2D eigenvalue weighted by Crippen LogP contribution is -2.37. The van der Waals surface area contributed by atoms with Crippen molar-refractivity contribution in [3.8, 4) is 0 Å². The van der Waals surface area contributed by atoms with Crippen molar-refractivity contribution in [3.63, 3.8) is 0 Å². The van der Waals surface area contributed by atoms with E-state index in [1.165, 1.54) is 17.2 Å². The van der Waals surface area contributed by atoms with E-state index in [1.807, 2.05) is 0 Å². The number of aromatic nitrogens is 4. The number of carbonyl (C=O) groups is 1. The number of nitrogens with two attached hydrogens (primary N) is 2. The monoisotopic (exact) mass is 597 g/mol. The summed E-state index contributed by atoms with van der Waals surface area (Å²) in [6.45, 7) is 0. The maximum atomic E-state index is 10.9. The van der Waals surface area contributed by atoms with Gasteiger partial charge < -0.3 is 36.1 Å². The molecular weight excluding hydrogens is 568 g/mol. The summed E-state index contributed by atoms with van der Waals surface area (Å²) in [5.74, 6) is -1.15. The number of nitrogen functional groups attached to an aromatic ring is 1. The Morgan fingerprint density at radius 3 is 2.32 bits per heavy atom. The quantitative estimate of drug-likeness (QED) is 0.0868. The van der Waals surface area contributed by atoms with Crippen LogP contribution in [-0.4, -0.2) is 118 Å². The van der Waals surface area contributed by atoms with E-state index in [1.54, 1.807) is 0 Å². The second-order valence-electron chi connectivity index (χ2n) is 7.10. The van der Waals surface area contributed by atoms with E-state index in [-0.39, 0.29) is 23.7 Å². The van der Waals surface area contributed by atoms with Gasteiger partial charge in [0.2, 0.25) is 10.4 Å². The molecule has 10 N–H and O–H groups in total. The Kier molecular flexibility index (Phi) is 10.1. The lowest BCUT2D eigenvalue weighted by Gasteiger charge is -2.16. The van der Waals surface area contributed by atoms with E-state index in [4.69, 9.17) is 60.5 Å². The molecule has 0 amide bonds. The van der Waals surface area contributed by atoms with Crippen molar-refractivity contribution in [3.05, 3.63) is 12.7 Å². The Morgan fingerprint density at radius 1 is 1.24 bits per heavy atom. The van der Waals surface area contributed by atoms with Gasteiger partial charge in [-0.25, -0.2) is 23.4 Å². The number of aliphatic hydroxyl groups is 2. The number of aliphatic carboxylic acids is 1. The molecule has 1 saturated heterocycles. The van der Waals surface area contributed by atoms with Gasteiger partial charge in [0, 0.05) is 6.42 Å². The average Bonchev–Trinajstić information content (AvgIpc) is 3.30. The number of hydrogen-bond donors (Lipinski definition) is 8. The number of fused-ring (bicyclic) bond motifs is 1. The Bertz CT molecular complexity index is 1310. The fourth-order valence-corrected chi connectivity index (χ4v) is 4.20. The molecule has 1 aliphatic rings. The van der Waals surface area contributed by atoms with E-state index >= 15 is 0 Å². The molecule has 1 aliphatic heterocycles. The van der Waals surface area contributed by atoms with E-state index in [0.717, 1.165) is 0 Å². The molecule has 1 fully saturated rings. The van der Waals surface area contributed by atoms with E-state index in [9.17, 15) is 15.0 Å². The molecule has 3 heterocycles. The molecule has 19 nitrogen and oxygen atoms in total. The predicted molar refractivity (Wildman–Crippen MR) is 125 cm³/mol. The summed E-state index contributed by atoms with van der Waals surface area (Å²) in [7, 11) is -10.9. The van der Waals surface area contributed by atoms with Crippen LogP contribution in [0.1, 0.15) is 16.8 Å². The third-order valence-electron chi connectivity index (χ3n) is 4.36. The zero-order chi connectivity index (χ0) is 31.2. The summed E-state index contributed by atoms with van der Waals surface area (Å²) in [5, 5.41) is 29.9. The van der Waals surface area contributed by atoms with Gasteiger partial charge in [-0.1, -0.05) is 0 Å². The summed E-state index contributed by atoms with van der Waals surface area (Å²) in [5.41, 5.74) is 11.8. The third kappa shape index (κ3) is 11.8. The topological polar surface area (TPSA) is 335 Å². The number of hydrogen-bond acceptors (Lipinski definition) is 14. The van der Waals surface area contributed by atoms with Crippen LogP contribution >= 0.6 is 0 Å². The predicted octanol–water partition coefficient (Wildman–Crippen LogP) is -3.57. The molecule has 0 spiro atoms. The van der Waals surface area contributed by atoms with E-state index in [2.05, 4.69) is 15.0 Å². The number of carboxylic acid groups (broad SMARTS) is 1. The van der Waals surface area contributed by atoms with Crippen LogP contribution in [0.15, 0.2) is 12.7 Å². The van der Waals surface area contributed by atoms with Crippen molar-refractivity contribution in [2.45, 2.75) is 37.0 Å². The van der Waals surface area contributed by atoms with Crippen LogP contribution in [0.3, 0.4) is 0 Å². The normalized spacial score (nSPS) is 24.9. The van der Waals surface area contributed by atoms with Crippen molar-refractivity contribution in [1.82, 2.24) is 19.5 Å². The van der Waals surface area contributed by atoms with Crippen LogP contribution < -0.4 is 11.5 Å². The first-order valence-electron chi connectivity index (χ1n) is 11.0. The molecule has 37 heavy (non-hydrogen) atoms. The molecular formula is C15H26N6O13S3. The molecule has 1 unspecified atom stereocenters. The number of imidazole rings is 1. The van der Waals surface area contributed by atoms with Gasteiger partial charge in [-0.15, -0.1) is 0 Å². The van der Waals surface area contributed by atoms with Crippen LogP contribution in [0.2, 0.25) is 0 Å². The summed E-state index contributed by atoms with van der Waals surface area (Å²) in [4.78, 5) is 22.9. The van der Waals surface area contributed by atoms with Gasteiger partial charge in [0.15, 0.2) is 17.7 Å². The molecule has 0 aromatic carbocycles. The fourth-order valence-electron chi connectivity index (χ4n) is 2.83. The number of rotatable bonds is 7. The molecule has 6 atom stereocenters. The number of anilines is 1. The van der Waals surface area contributed by atoms with Crippen LogP contribution in [-0.2, 0) is 41.2 Å². The smallest absolute Gasteiger partial charge is 0.394 e. The molecule has 2 aromatic heterocycles. The molecule has 212 valence electrons. The van der Waals surface area contributed by atoms with Gasteiger partial charge in [-0.05, 0) is 10.9 Å². The summed E-state index contributed by atoms with van der Waals surface area (Å²) in [6, 6.07) is -1.18. The Morgan fingerprint density at radius 2 is 1.81 bits per heavy atom. The van der Waals surface area contributed by atoms with Gasteiger partial charge in [0.1, 0.15) is 47.7 Å². The maximum absolute atomic E-state index is 10.9. The standard InChI is InChI=1S/C15H22N6O5S.2H2O4S/c1-27(3-2-7(16)15(24)25)4-8-10(22)11(23)14(26-8)21-6-20-9-12(17)18-5-19-13(9)21;2*1-5(2,3)4/h5-8,10-11,14,22-23H,2-4,16H2,1H3,(H2-,17,18,19,24,25);2*(H2,1,2,3,4)/t7-,8+,10+,11+,14+,27?;;/m0../s1/i1D3;;. The highest BCUT2D eigenvalue weighted by Crippen LogP contribution is 2.32. The molecule has 2 aromatic rings. The first kappa shape index (κ1) is 27.8. The van der Waals surface area contributed by atoms with Crippen molar-refractivity contribution in [1.29, 1.82) is 0 Å². The number of carboxylic acids is 1. The van der Waals surface area contributed by atoms with E-state index < -0.39 is 74.4 Å². The van der Waals surface area contributed by atoms with Crippen molar-refractivity contribution in [2.24, 2.45) is 5.73 Å². The van der Waals surface area contributed by atoms with Gasteiger partial charge >= 0.3 is 16.4 Å². The van der Waals surface area contributed by atoms with Crippen LogP contribution in [0.4, 0.5) is 5.82 Å². The first-order valence-corrected chi connectivity index (χ1v) is 13.8. The minimum Gasteiger partial charge on any atom is -0.726 e. The molecule has 0 aliphatic carbocycles.